The zero-order chi connectivity index (χ0) is 25.4. The molecule has 0 aliphatic carbocycles. The lowest BCUT2D eigenvalue weighted by atomic mass is 9.74. The summed E-state index contributed by atoms with van der Waals surface area (Å²) in [5, 5.41) is 0.953. The van der Waals surface area contributed by atoms with Gasteiger partial charge in [0.2, 0.25) is 5.91 Å². The zero-order valence-corrected chi connectivity index (χ0v) is 21.4. The van der Waals surface area contributed by atoms with E-state index in [9.17, 15) is 4.79 Å². The summed E-state index contributed by atoms with van der Waals surface area (Å²) in [7, 11) is 0. The van der Waals surface area contributed by atoms with Crippen LogP contribution in [0, 0.1) is 0 Å². The van der Waals surface area contributed by atoms with Crippen LogP contribution < -0.4 is 10.6 Å². The van der Waals surface area contributed by atoms with Gasteiger partial charge in [0.1, 0.15) is 17.5 Å². The molecule has 1 atom stereocenters. The van der Waals surface area contributed by atoms with Crippen LogP contribution in [-0.4, -0.2) is 51.4 Å². The second-order valence-electron chi connectivity index (χ2n) is 10.8. The van der Waals surface area contributed by atoms with Crippen LogP contribution in [0.1, 0.15) is 43.9 Å². The van der Waals surface area contributed by atoms with Gasteiger partial charge in [-0.25, -0.2) is 9.97 Å². The van der Waals surface area contributed by atoms with E-state index in [0.717, 1.165) is 80.0 Å². The van der Waals surface area contributed by atoms with Gasteiger partial charge in [-0.1, -0.05) is 67.6 Å². The van der Waals surface area contributed by atoms with E-state index in [1.807, 2.05) is 30.3 Å². The van der Waals surface area contributed by atoms with Crippen LogP contribution in [0.25, 0.3) is 22.4 Å². The first-order valence-electron chi connectivity index (χ1n) is 13.3. The molecule has 2 aromatic carbocycles. The Hall–Kier alpha value is -3.71. The van der Waals surface area contributed by atoms with Gasteiger partial charge in [0.25, 0.3) is 0 Å². The Balaban J connectivity index is 1.29. The molecule has 3 N–H and O–H groups in total. The molecule has 2 aliphatic heterocycles. The lowest BCUT2D eigenvalue weighted by Gasteiger charge is -2.39. The summed E-state index contributed by atoms with van der Waals surface area (Å²) in [6, 6.07) is 22.7. The maximum absolute atomic E-state index is 12.2. The van der Waals surface area contributed by atoms with Gasteiger partial charge in [0.05, 0.1) is 5.39 Å². The van der Waals surface area contributed by atoms with Gasteiger partial charge in [-0.05, 0) is 55.8 Å². The Morgan fingerprint density at radius 2 is 1.73 bits per heavy atom. The minimum atomic E-state index is -0.335. The molecule has 4 aromatic rings. The normalized spacial score (nSPS) is 19.9. The first kappa shape index (κ1) is 23.7. The molecule has 6 rings (SSSR count). The summed E-state index contributed by atoms with van der Waals surface area (Å²) in [6.07, 6.45) is 3.95. The summed E-state index contributed by atoms with van der Waals surface area (Å²) >= 11 is 0. The average molecular weight is 495 g/mol. The molecule has 2 fully saturated rings. The van der Waals surface area contributed by atoms with Gasteiger partial charge < -0.3 is 15.6 Å². The first-order chi connectivity index (χ1) is 18.0. The minimum absolute atomic E-state index is 0.223. The van der Waals surface area contributed by atoms with Crippen LogP contribution in [0.4, 0.5) is 5.82 Å². The summed E-state index contributed by atoms with van der Waals surface area (Å²) in [4.78, 5) is 30.3. The van der Waals surface area contributed by atoms with Crippen LogP contribution in [0.2, 0.25) is 0 Å². The van der Waals surface area contributed by atoms with Crippen molar-refractivity contribution >= 4 is 22.8 Å². The molecule has 0 spiro atoms. The van der Waals surface area contributed by atoms with E-state index in [1.165, 1.54) is 5.56 Å². The number of carbonyl (C=O) groups excluding carboxylic acids is 1. The number of aromatic nitrogens is 3. The molecule has 2 aliphatic rings. The Bertz CT molecular complexity index is 1390. The molecule has 0 unspecified atom stereocenters. The third-order valence-electron chi connectivity index (χ3n) is 8.23. The molecule has 0 radical (unpaired) electrons. The van der Waals surface area contributed by atoms with Crippen molar-refractivity contribution in [2.24, 2.45) is 5.73 Å². The van der Waals surface area contributed by atoms with Crippen LogP contribution >= 0.6 is 0 Å². The van der Waals surface area contributed by atoms with Crippen molar-refractivity contribution < 1.29 is 4.79 Å². The Morgan fingerprint density at radius 1 is 1.03 bits per heavy atom. The van der Waals surface area contributed by atoms with Crippen molar-refractivity contribution in [3.63, 3.8) is 0 Å². The highest BCUT2D eigenvalue weighted by molar-refractivity contribution is 5.93. The van der Waals surface area contributed by atoms with Gasteiger partial charge >= 0.3 is 0 Å². The number of primary amides is 1. The number of likely N-dealkylation sites (tertiary alicyclic amines) is 1. The monoisotopic (exact) mass is 494 g/mol. The van der Waals surface area contributed by atoms with Crippen molar-refractivity contribution in [1.29, 1.82) is 0 Å². The third kappa shape index (κ3) is 4.60. The van der Waals surface area contributed by atoms with Crippen LogP contribution in [0.5, 0.6) is 0 Å². The number of nitrogens with one attached hydrogen (secondary N) is 1. The second-order valence-corrected chi connectivity index (χ2v) is 10.8. The third-order valence-corrected chi connectivity index (χ3v) is 8.23. The molecule has 2 saturated heterocycles. The quantitative estimate of drug-likeness (QED) is 0.408. The molecular weight excluding hydrogens is 460 g/mol. The standard InChI is InChI=1S/C30H34N6O/c1-30(22-11-6-3-7-12-22)14-17-35(18-15-30)20-23-19-24-28(32-23)33-27(21-9-4-2-5-10-21)34-29(24)36-16-8-13-25(36)26(31)37/h2-7,9-12,19,25H,8,13-18,20H2,1H3,(H2,31,37)(H,32,33,34)/t25-/m1/s1. The fourth-order valence-electron chi connectivity index (χ4n) is 5.96. The number of hydrogen-bond donors (Lipinski definition) is 2. The van der Waals surface area contributed by atoms with E-state index in [0.29, 0.717) is 5.82 Å². The molecule has 190 valence electrons. The summed E-state index contributed by atoms with van der Waals surface area (Å²) in [5.41, 5.74) is 10.3. The molecule has 7 heteroatoms. The summed E-state index contributed by atoms with van der Waals surface area (Å²) < 4.78 is 0. The molecule has 0 saturated carbocycles. The average Bonchev–Trinajstić information content (AvgIpc) is 3.58. The van der Waals surface area contributed by atoms with E-state index in [-0.39, 0.29) is 17.4 Å². The van der Waals surface area contributed by atoms with E-state index >= 15 is 0 Å². The lowest BCUT2D eigenvalue weighted by molar-refractivity contribution is -0.119. The van der Waals surface area contributed by atoms with Crippen molar-refractivity contribution in [2.45, 2.75) is 50.6 Å². The minimum Gasteiger partial charge on any atom is -0.368 e. The Kier molecular flexibility index (Phi) is 6.16. The maximum Gasteiger partial charge on any atom is 0.240 e. The van der Waals surface area contributed by atoms with Crippen LogP contribution in [0.3, 0.4) is 0 Å². The number of rotatable bonds is 6. The van der Waals surface area contributed by atoms with Gasteiger partial charge in [0, 0.05) is 24.3 Å². The Labute approximate surface area is 217 Å². The van der Waals surface area contributed by atoms with E-state index < -0.39 is 0 Å². The molecule has 37 heavy (non-hydrogen) atoms. The zero-order valence-electron chi connectivity index (χ0n) is 21.4. The van der Waals surface area contributed by atoms with Crippen LogP contribution in [-0.2, 0) is 16.8 Å². The number of nitrogens with zero attached hydrogens (tertiary/aromatic N) is 4. The van der Waals surface area contributed by atoms with E-state index in [1.54, 1.807) is 0 Å². The van der Waals surface area contributed by atoms with Crippen molar-refractivity contribution in [3.05, 3.63) is 78.0 Å². The number of fused-ring (bicyclic) bond motifs is 1. The lowest BCUT2D eigenvalue weighted by Crippen LogP contribution is -2.40. The number of benzene rings is 2. The number of H-pyrrole nitrogens is 1. The number of nitrogens with two attached hydrogens (primary N) is 1. The van der Waals surface area contributed by atoms with E-state index in [4.69, 9.17) is 15.7 Å². The second kappa shape index (κ2) is 9.63. The molecule has 4 heterocycles. The number of piperidine rings is 1. The molecule has 1 amide bonds. The topological polar surface area (TPSA) is 91.1 Å². The summed E-state index contributed by atoms with van der Waals surface area (Å²) in [5.74, 6) is 1.15. The SMILES string of the molecule is CC1(c2ccccc2)CCN(Cc2cc3c(N4CCC[C@@H]4C(N)=O)nc(-c4ccccc4)nc3[nH]2)CC1. The maximum atomic E-state index is 12.2. The van der Waals surface area contributed by atoms with Crippen LogP contribution in [0.15, 0.2) is 66.7 Å². The van der Waals surface area contributed by atoms with Gasteiger partial charge in [0.15, 0.2) is 5.82 Å². The smallest absolute Gasteiger partial charge is 0.240 e. The first-order valence-corrected chi connectivity index (χ1v) is 13.3. The fraction of sp³-hybridized carbons (Fsp3) is 0.367. The van der Waals surface area contributed by atoms with Gasteiger partial charge in [-0.15, -0.1) is 0 Å². The van der Waals surface area contributed by atoms with Gasteiger partial charge in [-0.3, -0.25) is 9.69 Å². The molecule has 0 bridgehead atoms. The van der Waals surface area contributed by atoms with Crippen molar-refractivity contribution in [2.75, 3.05) is 24.5 Å². The number of carbonyl (C=O) groups is 1. The largest absolute Gasteiger partial charge is 0.368 e. The highest BCUT2D eigenvalue weighted by Gasteiger charge is 2.33. The fourth-order valence-corrected chi connectivity index (χ4v) is 5.96. The highest BCUT2D eigenvalue weighted by Crippen LogP contribution is 2.36. The predicted molar refractivity (Wildman–Crippen MR) is 147 cm³/mol. The Morgan fingerprint density at radius 3 is 2.43 bits per heavy atom. The highest BCUT2D eigenvalue weighted by atomic mass is 16.1. The number of hydrogen-bond acceptors (Lipinski definition) is 5. The van der Waals surface area contributed by atoms with E-state index in [2.05, 4.69) is 58.1 Å². The predicted octanol–water partition coefficient (Wildman–Crippen LogP) is 4.63. The molecule has 2 aromatic heterocycles. The summed E-state index contributed by atoms with van der Waals surface area (Å²) in [6.45, 7) is 6.08. The molecule has 7 nitrogen and oxygen atoms in total. The number of anilines is 1. The molecular formula is C30H34N6O. The van der Waals surface area contributed by atoms with Crippen molar-refractivity contribution in [3.8, 4) is 11.4 Å². The van der Waals surface area contributed by atoms with Crippen molar-refractivity contribution in [1.82, 2.24) is 19.9 Å². The number of amides is 1. The number of aromatic amines is 1. The van der Waals surface area contributed by atoms with Gasteiger partial charge in [-0.2, -0.15) is 0 Å².